The molecule has 0 bridgehead atoms. The van der Waals surface area contributed by atoms with Crippen molar-refractivity contribution in [1.82, 2.24) is 29.6 Å². The molecule has 8 heteroatoms. The lowest BCUT2D eigenvalue weighted by Crippen LogP contribution is -2.47. The SMILES string of the molecule is Cc1c(CCN2CCN(c3nccnc3-c3ccc(F)cc3)CC2)c(CC(C)C)nn1-c1ccccn1. The summed E-state index contributed by atoms with van der Waals surface area (Å²) >= 11 is 0. The van der Waals surface area contributed by atoms with Crippen LogP contribution in [0, 0.1) is 18.7 Å². The topological polar surface area (TPSA) is 63.0 Å². The number of piperazine rings is 1. The molecule has 1 aliphatic rings. The molecular formula is C29H34FN7. The van der Waals surface area contributed by atoms with Crippen LogP contribution in [0.2, 0.25) is 0 Å². The van der Waals surface area contributed by atoms with Crippen LogP contribution in [-0.4, -0.2) is 62.4 Å². The smallest absolute Gasteiger partial charge is 0.155 e. The highest BCUT2D eigenvalue weighted by atomic mass is 19.1. The summed E-state index contributed by atoms with van der Waals surface area (Å²) in [5.74, 6) is 2.02. The molecule has 1 aromatic carbocycles. The van der Waals surface area contributed by atoms with Crippen molar-refractivity contribution >= 4 is 5.82 Å². The third-order valence-electron chi connectivity index (χ3n) is 6.94. The van der Waals surface area contributed by atoms with E-state index in [2.05, 4.69) is 45.5 Å². The molecular weight excluding hydrogens is 465 g/mol. The fourth-order valence-corrected chi connectivity index (χ4v) is 5.00. The zero-order chi connectivity index (χ0) is 25.8. The average molecular weight is 500 g/mol. The van der Waals surface area contributed by atoms with E-state index in [1.54, 1.807) is 24.5 Å². The Hall–Kier alpha value is -3.65. The van der Waals surface area contributed by atoms with Gasteiger partial charge >= 0.3 is 0 Å². The number of hydrogen-bond acceptors (Lipinski definition) is 6. The van der Waals surface area contributed by atoms with Crippen LogP contribution >= 0.6 is 0 Å². The summed E-state index contributed by atoms with van der Waals surface area (Å²) in [6, 6.07) is 12.4. The van der Waals surface area contributed by atoms with Gasteiger partial charge < -0.3 is 4.90 Å². The quantitative estimate of drug-likeness (QED) is 0.349. The average Bonchev–Trinajstić information content (AvgIpc) is 3.22. The van der Waals surface area contributed by atoms with Crippen LogP contribution in [-0.2, 0) is 12.8 Å². The highest BCUT2D eigenvalue weighted by Crippen LogP contribution is 2.28. The zero-order valence-electron chi connectivity index (χ0n) is 21.8. The standard InChI is InChI=1S/C29H34FN7/c1-21(2)20-26-25(22(3)37(34-26)27-6-4-5-12-31-27)11-15-35-16-18-36(19-17-35)29-28(32-13-14-33-29)23-7-9-24(30)10-8-23/h4-10,12-14,21H,11,15-20H2,1-3H3. The van der Waals surface area contributed by atoms with Crippen molar-refractivity contribution in [1.29, 1.82) is 0 Å². The van der Waals surface area contributed by atoms with E-state index < -0.39 is 0 Å². The van der Waals surface area contributed by atoms with E-state index in [1.165, 1.54) is 29.1 Å². The molecule has 1 saturated heterocycles. The summed E-state index contributed by atoms with van der Waals surface area (Å²) in [7, 11) is 0. The van der Waals surface area contributed by atoms with E-state index in [1.807, 2.05) is 29.1 Å². The van der Waals surface area contributed by atoms with E-state index in [0.717, 1.165) is 68.5 Å². The van der Waals surface area contributed by atoms with E-state index >= 15 is 0 Å². The summed E-state index contributed by atoms with van der Waals surface area (Å²) in [5.41, 5.74) is 5.38. The van der Waals surface area contributed by atoms with Crippen molar-refractivity contribution in [2.24, 2.45) is 5.92 Å². The Balaban J connectivity index is 1.26. The molecule has 5 rings (SSSR count). The highest BCUT2D eigenvalue weighted by Gasteiger charge is 2.23. The molecule has 192 valence electrons. The van der Waals surface area contributed by atoms with Crippen molar-refractivity contribution in [3.8, 4) is 17.1 Å². The van der Waals surface area contributed by atoms with Gasteiger partial charge in [0.1, 0.15) is 11.5 Å². The molecule has 0 unspecified atom stereocenters. The molecule has 0 spiro atoms. The second-order valence-corrected chi connectivity index (χ2v) is 10.0. The fourth-order valence-electron chi connectivity index (χ4n) is 5.00. The maximum absolute atomic E-state index is 13.4. The van der Waals surface area contributed by atoms with Gasteiger partial charge in [-0.15, -0.1) is 0 Å². The second-order valence-electron chi connectivity index (χ2n) is 10.0. The zero-order valence-corrected chi connectivity index (χ0v) is 21.8. The minimum absolute atomic E-state index is 0.250. The van der Waals surface area contributed by atoms with Gasteiger partial charge in [0.2, 0.25) is 0 Å². The number of halogens is 1. The first-order valence-corrected chi connectivity index (χ1v) is 13.0. The number of rotatable bonds is 8. The van der Waals surface area contributed by atoms with Gasteiger partial charge in [-0.25, -0.2) is 19.0 Å². The Morgan fingerprint density at radius 1 is 0.892 bits per heavy atom. The summed E-state index contributed by atoms with van der Waals surface area (Å²) < 4.78 is 15.4. The van der Waals surface area contributed by atoms with Crippen molar-refractivity contribution < 1.29 is 4.39 Å². The Morgan fingerprint density at radius 2 is 1.65 bits per heavy atom. The van der Waals surface area contributed by atoms with Crippen LogP contribution in [0.3, 0.4) is 0 Å². The van der Waals surface area contributed by atoms with Gasteiger partial charge in [0.05, 0.1) is 5.69 Å². The van der Waals surface area contributed by atoms with Crippen molar-refractivity contribution in [2.45, 2.75) is 33.6 Å². The molecule has 4 heterocycles. The number of hydrogen-bond donors (Lipinski definition) is 0. The van der Waals surface area contributed by atoms with E-state index in [4.69, 9.17) is 5.10 Å². The maximum atomic E-state index is 13.4. The lowest BCUT2D eigenvalue weighted by atomic mass is 10.0. The molecule has 0 amide bonds. The Morgan fingerprint density at radius 3 is 2.35 bits per heavy atom. The predicted octanol–water partition coefficient (Wildman–Crippen LogP) is 4.74. The molecule has 0 aliphatic carbocycles. The van der Waals surface area contributed by atoms with Crippen LogP contribution in [0.1, 0.15) is 30.8 Å². The third-order valence-corrected chi connectivity index (χ3v) is 6.94. The Labute approximate surface area is 218 Å². The van der Waals surface area contributed by atoms with Gasteiger partial charge in [-0.05, 0) is 67.6 Å². The molecule has 0 radical (unpaired) electrons. The predicted molar refractivity (Wildman–Crippen MR) is 144 cm³/mol. The van der Waals surface area contributed by atoms with Crippen LogP contribution in [0.15, 0.2) is 61.1 Å². The minimum Gasteiger partial charge on any atom is -0.352 e. The first kappa shape index (κ1) is 25.0. The molecule has 0 saturated carbocycles. The maximum Gasteiger partial charge on any atom is 0.155 e. The number of benzene rings is 1. The van der Waals surface area contributed by atoms with Crippen LogP contribution in [0.4, 0.5) is 10.2 Å². The molecule has 37 heavy (non-hydrogen) atoms. The van der Waals surface area contributed by atoms with Crippen LogP contribution in [0.25, 0.3) is 17.1 Å². The van der Waals surface area contributed by atoms with Gasteiger partial charge in [0, 0.05) is 62.6 Å². The molecule has 4 aromatic rings. The van der Waals surface area contributed by atoms with E-state index in [-0.39, 0.29) is 5.82 Å². The van der Waals surface area contributed by atoms with Gasteiger partial charge in [-0.1, -0.05) is 19.9 Å². The molecule has 3 aromatic heterocycles. The van der Waals surface area contributed by atoms with Gasteiger partial charge in [0.25, 0.3) is 0 Å². The van der Waals surface area contributed by atoms with E-state index in [9.17, 15) is 4.39 Å². The summed E-state index contributed by atoms with van der Waals surface area (Å²) in [5, 5.41) is 4.97. The Bertz CT molecular complexity index is 1310. The molecule has 0 atom stereocenters. The van der Waals surface area contributed by atoms with Crippen molar-refractivity contribution in [2.75, 3.05) is 37.6 Å². The van der Waals surface area contributed by atoms with Gasteiger partial charge in [-0.3, -0.25) is 9.88 Å². The van der Waals surface area contributed by atoms with Crippen molar-refractivity contribution in [3.05, 3.63) is 83.8 Å². The number of pyridine rings is 1. The lowest BCUT2D eigenvalue weighted by molar-refractivity contribution is 0.260. The summed E-state index contributed by atoms with van der Waals surface area (Å²) in [6.45, 7) is 11.3. The first-order chi connectivity index (χ1) is 18.0. The summed E-state index contributed by atoms with van der Waals surface area (Å²) in [6.07, 6.45) is 7.17. The highest BCUT2D eigenvalue weighted by molar-refractivity contribution is 5.72. The normalized spacial score (nSPS) is 14.5. The summed E-state index contributed by atoms with van der Waals surface area (Å²) in [4.78, 5) is 18.5. The fraction of sp³-hybridized carbons (Fsp3) is 0.379. The molecule has 1 fully saturated rings. The Kier molecular flexibility index (Phi) is 7.55. The van der Waals surface area contributed by atoms with Gasteiger partial charge in [0.15, 0.2) is 11.6 Å². The van der Waals surface area contributed by atoms with Gasteiger partial charge in [-0.2, -0.15) is 5.10 Å². The first-order valence-electron chi connectivity index (χ1n) is 13.0. The number of nitrogens with zero attached hydrogens (tertiary/aromatic N) is 7. The molecule has 7 nitrogen and oxygen atoms in total. The number of aromatic nitrogens is 5. The lowest BCUT2D eigenvalue weighted by Gasteiger charge is -2.36. The third kappa shape index (κ3) is 5.69. The van der Waals surface area contributed by atoms with Crippen molar-refractivity contribution in [3.63, 3.8) is 0 Å². The monoisotopic (exact) mass is 499 g/mol. The molecule has 1 aliphatic heterocycles. The second kappa shape index (κ2) is 11.2. The number of anilines is 1. The molecule has 0 N–H and O–H groups in total. The minimum atomic E-state index is -0.250. The van der Waals surface area contributed by atoms with E-state index in [0.29, 0.717) is 5.92 Å². The van der Waals surface area contributed by atoms with Crippen LogP contribution < -0.4 is 4.90 Å². The largest absolute Gasteiger partial charge is 0.352 e. The van der Waals surface area contributed by atoms with Crippen LogP contribution in [0.5, 0.6) is 0 Å².